The molecule has 5 heteroatoms. The highest BCUT2D eigenvalue weighted by Crippen LogP contribution is 2.37. The standard InChI is InChI=1S/C15H20N2O2S/c1-19-14(11-6-4-3-5-7-11)15(18)17-12-8-13(17)10-16(9-12)20-2/h3-7,12-14H,8-10H2,1-2H3. The van der Waals surface area contributed by atoms with E-state index in [1.54, 1.807) is 19.1 Å². The summed E-state index contributed by atoms with van der Waals surface area (Å²) in [5, 5.41) is 0. The lowest BCUT2D eigenvalue weighted by Gasteiger charge is -2.56. The second-order valence-electron chi connectivity index (χ2n) is 5.34. The molecule has 0 spiro atoms. The molecule has 0 aliphatic carbocycles. The number of amides is 1. The van der Waals surface area contributed by atoms with Crippen molar-refractivity contribution in [2.24, 2.45) is 0 Å². The van der Waals surface area contributed by atoms with Gasteiger partial charge in [0, 0.05) is 32.3 Å². The van der Waals surface area contributed by atoms with Crippen LogP contribution in [0, 0.1) is 0 Å². The van der Waals surface area contributed by atoms with Crippen LogP contribution in [0.4, 0.5) is 0 Å². The summed E-state index contributed by atoms with van der Waals surface area (Å²) in [6.45, 7) is 1.93. The van der Waals surface area contributed by atoms with Crippen LogP contribution in [0.3, 0.4) is 0 Å². The van der Waals surface area contributed by atoms with Crippen molar-refractivity contribution in [1.82, 2.24) is 9.21 Å². The number of ether oxygens (including phenoxy) is 1. The number of carbonyl (C=O) groups excluding carboxylic acids is 1. The number of hydrogen-bond acceptors (Lipinski definition) is 4. The first kappa shape index (κ1) is 13.9. The van der Waals surface area contributed by atoms with Crippen molar-refractivity contribution < 1.29 is 9.53 Å². The van der Waals surface area contributed by atoms with Crippen LogP contribution >= 0.6 is 11.9 Å². The van der Waals surface area contributed by atoms with Crippen molar-refractivity contribution in [2.75, 3.05) is 26.5 Å². The third-order valence-corrected chi connectivity index (χ3v) is 5.05. The highest BCUT2D eigenvalue weighted by Gasteiger charge is 2.48. The van der Waals surface area contributed by atoms with Crippen LogP contribution in [0.1, 0.15) is 18.1 Å². The number of carbonyl (C=O) groups is 1. The zero-order chi connectivity index (χ0) is 14.1. The first-order valence-corrected chi connectivity index (χ1v) is 8.11. The van der Waals surface area contributed by atoms with Crippen LogP contribution in [-0.4, -0.2) is 53.7 Å². The Morgan fingerprint density at radius 3 is 2.50 bits per heavy atom. The molecule has 4 nitrogen and oxygen atoms in total. The minimum atomic E-state index is -0.470. The van der Waals surface area contributed by atoms with Gasteiger partial charge in [0.25, 0.3) is 5.91 Å². The Labute approximate surface area is 124 Å². The number of fused-ring (bicyclic) bond motifs is 2. The molecule has 2 bridgehead atoms. The highest BCUT2D eigenvalue weighted by atomic mass is 32.2. The number of piperazine rings is 1. The number of methoxy groups -OCH3 is 1. The molecule has 2 heterocycles. The van der Waals surface area contributed by atoms with E-state index in [1.807, 2.05) is 35.2 Å². The number of likely N-dealkylation sites (tertiary alicyclic amines) is 1. The molecule has 3 rings (SSSR count). The molecule has 20 heavy (non-hydrogen) atoms. The first-order valence-electron chi connectivity index (χ1n) is 6.93. The molecule has 0 N–H and O–H groups in total. The van der Waals surface area contributed by atoms with Crippen molar-refractivity contribution in [2.45, 2.75) is 24.6 Å². The number of nitrogens with zero attached hydrogens (tertiary/aromatic N) is 2. The van der Waals surface area contributed by atoms with Gasteiger partial charge in [0.2, 0.25) is 0 Å². The molecule has 1 aromatic carbocycles. The quantitative estimate of drug-likeness (QED) is 0.794. The molecule has 2 aliphatic rings. The van der Waals surface area contributed by atoms with Crippen molar-refractivity contribution >= 4 is 17.9 Å². The molecule has 3 unspecified atom stereocenters. The SMILES string of the molecule is COC(C(=O)N1C2CC1CN(SC)C2)c1ccccc1. The number of hydrogen-bond donors (Lipinski definition) is 0. The normalized spacial score (nSPS) is 27.0. The van der Waals surface area contributed by atoms with E-state index >= 15 is 0 Å². The Balaban J connectivity index is 1.73. The topological polar surface area (TPSA) is 32.8 Å². The fourth-order valence-corrected chi connectivity index (χ4v) is 3.86. The van der Waals surface area contributed by atoms with Gasteiger partial charge in [-0.2, -0.15) is 0 Å². The number of benzene rings is 1. The third-order valence-electron chi connectivity index (χ3n) is 4.23. The van der Waals surface area contributed by atoms with Gasteiger partial charge in [0.15, 0.2) is 6.10 Å². The van der Waals surface area contributed by atoms with Gasteiger partial charge in [-0.3, -0.25) is 4.79 Å². The van der Waals surface area contributed by atoms with E-state index in [0.29, 0.717) is 12.1 Å². The predicted molar refractivity (Wildman–Crippen MR) is 80.3 cm³/mol. The lowest BCUT2D eigenvalue weighted by atomic mass is 9.87. The largest absolute Gasteiger partial charge is 0.367 e. The Hall–Kier alpha value is -1.04. The fourth-order valence-electron chi connectivity index (χ4n) is 3.22. The van der Waals surface area contributed by atoms with E-state index in [-0.39, 0.29) is 5.91 Å². The molecule has 0 saturated carbocycles. The van der Waals surface area contributed by atoms with E-state index in [4.69, 9.17) is 4.74 Å². The van der Waals surface area contributed by atoms with E-state index in [0.717, 1.165) is 25.1 Å². The van der Waals surface area contributed by atoms with Gasteiger partial charge in [0.05, 0.1) is 0 Å². The monoisotopic (exact) mass is 292 g/mol. The van der Waals surface area contributed by atoms with Gasteiger partial charge >= 0.3 is 0 Å². The molecular formula is C15H20N2O2S. The molecule has 1 amide bonds. The van der Waals surface area contributed by atoms with Crippen molar-refractivity contribution in [3.63, 3.8) is 0 Å². The molecule has 2 fully saturated rings. The summed E-state index contributed by atoms with van der Waals surface area (Å²) in [5.74, 6) is 0.112. The second-order valence-corrected chi connectivity index (χ2v) is 6.23. The van der Waals surface area contributed by atoms with Crippen LogP contribution in [0.5, 0.6) is 0 Å². The Kier molecular flexibility index (Phi) is 4.01. The Morgan fingerprint density at radius 2 is 1.95 bits per heavy atom. The van der Waals surface area contributed by atoms with E-state index in [1.165, 1.54) is 0 Å². The lowest BCUT2D eigenvalue weighted by molar-refractivity contribution is -0.161. The maximum atomic E-state index is 12.7. The van der Waals surface area contributed by atoms with Gasteiger partial charge < -0.3 is 9.64 Å². The zero-order valence-electron chi connectivity index (χ0n) is 11.9. The van der Waals surface area contributed by atoms with Crippen LogP contribution in [0.25, 0.3) is 0 Å². The van der Waals surface area contributed by atoms with Crippen LogP contribution < -0.4 is 0 Å². The van der Waals surface area contributed by atoms with Crippen LogP contribution in [-0.2, 0) is 9.53 Å². The summed E-state index contributed by atoms with van der Waals surface area (Å²) in [6.07, 6.45) is 2.76. The van der Waals surface area contributed by atoms with Gasteiger partial charge in [0.1, 0.15) is 0 Å². The van der Waals surface area contributed by atoms with E-state index in [2.05, 4.69) is 10.6 Å². The molecular weight excluding hydrogens is 272 g/mol. The first-order chi connectivity index (χ1) is 9.74. The summed E-state index contributed by atoms with van der Waals surface area (Å²) in [6, 6.07) is 10.5. The maximum Gasteiger partial charge on any atom is 0.256 e. The molecule has 2 saturated heterocycles. The number of rotatable bonds is 4. The van der Waals surface area contributed by atoms with Gasteiger partial charge in [-0.05, 0) is 18.2 Å². The zero-order valence-corrected chi connectivity index (χ0v) is 12.7. The lowest BCUT2D eigenvalue weighted by Crippen LogP contribution is -2.69. The summed E-state index contributed by atoms with van der Waals surface area (Å²) in [4.78, 5) is 14.8. The summed E-state index contributed by atoms with van der Waals surface area (Å²) in [5.41, 5.74) is 0.937. The average molecular weight is 292 g/mol. The van der Waals surface area contributed by atoms with E-state index < -0.39 is 6.10 Å². The van der Waals surface area contributed by atoms with Crippen molar-refractivity contribution in [3.05, 3.63) is 35.9 Å². The van der Waals surface area contributed by atoms with Crippen LogP contribution in [0.15, 0.2) is 30.3 Å². The fraction of sp³-hybridized carbons (Fsp3) is 0.533. The maximum absolute atomic E-state index is 12.7. The molecule has 108 valence electrons. The second kappa shape index (κ2) is 5.76. The predicted octanol–water partition coefficient (Wildman–Crippen LogP) is 1.94. The molecule has 0 radical (unpaired) electrons. The summed E-state index contributed by atoms with van der Waals surface area (Å²) >= 11 is 1.77. The van der Waals surface area contributed by atoms with Crippen LogP contribution in [0.2, 0.25) is 0 Å². The number of piperidine rings is 1. The van der Waals surface area contributed by atoms with E-state index in [9.17, 15) is 4.79 Å². The van der Waals surface area contributed by atoms with Gasteiger partial charge in [-0.25, -0.2) is 4.31 Å². The Morgan fingerprint density at radius 1 is 1.30 bits per heavy atom. The highest BCUT2D eigenvalue weighted by molar-refractivity contribution is 7.96. The summed E-state index contributed by atoms with van der Waals surface area (Å²) < 4.78 is 7.80. The summed E-state index contributed by atoms with van der Waals surface area (Å²) in [7, 11) is 1.61. The Bertz CT molecular complexity index is 470. The average Bonchev–Trinajstić information content (AvgIpc) is 2.49. The van der Waals surface area contributed by atoms with Gasteiger partial charge in [-0.15, -0.1) is 0 Å². The minimum absolute atomic E-state index is 0.112. The molecule has 3 atom stereocenters. The minimum Gasteiger partial charge on any atom is -0.367 e. The van der Waals surface area contributed by atoms with Crippen molar-refractivity contribution in [1.29, 1.82) is 0 Å². The van der Waals surface area contributed by atoms with Gasteiger partial charge in [-0.1, -0.05) is 42.3 Å². The van der Waals surface area contributed by atoms with Crippen molar-refractivity contribution in [3.8, 4) is 0 Å². The smallest absolute Gasteiger partial charge is 0.256 e. The molecule has 2 aliphatic heterocycles. The molecule has 1 aromatic rings. The third kappa shape index (κ3) is 2.34. The molecule has 0 aromatic heterocycles.